The second-order valence-electron chi connectivity index (χ2n) is 4.84. The van der Waals surface area contributed by atoms with E-state index in [1.54, 1.807) is 0 Å². The van der Waals surface area contributed by atoms with Crippen molar-refractivity contribution in [2.24, 2.45) is 0 Å². The van der Waals surface area contributed by atoms with Gasteiger partial charge in [-0.25, -0.2) is 0 Å². The summed E-state index contributed by atoms with van der Waals surface area (Å²) in [5, 5.41) is 0.711. The Morgan fingerprint density at radius 3 is 2.89 bits per heavy atom. The van der Waals surface area contributed by atoms with Gasteiger partial charge in [-0.05, 0) is 12.0 Å². The van der Waals surface area contributed by atoms with Crippen LogP contribution >= 0.6 is 11.8 Å². The van der Waals surface area contributed by atoms with Gasteiger partial charge in [0, 0.05) is 30.5 Å². The molecule has 0 aliphatic carbocycles. The Balaban J connectivity index is 1.80. The van der Waals surface area contributed by atoms with Crippen molar-refractivity contribution in [2.45, 2.75) is 25.0 Å². The molecule has 1 saturated heterocycles. The van der Waals surface area contributed by atoms with Gasteiger partial charge in [-0.3, -0.25) is 9.69 Å². The minimum absolute atomic E-state index is 0.336. The fraction of sp³-hybridized carbons (Fsp3) is 0.533. The molecule has 0 amide bonds. The van der Waals surface area contributed by atoms with E-state index in [0.717, 1.165) is 24.4 Å². The summed E-state index contributed by atoms with van der Waals surface area (Å²) in [7, 11) is 0. The predicted molar refractivity (Wildman–Crippen MR) is 78.1 cm³/mol. The van der Waals surface area contributed by atoms with Crippen LogP contribution in [0.1, 0.15) is 18.9 Å². The van der Waals surface area contributed by atoms with E-state index in [4.69, 9.17) is 0 Å². The summed E-state index contributed by atoms with van der Waals surface area (Å²) in [6.45, 7) is 4.97. The third-order valence-electron chi connectivity index (χ3n) is 3.32. The molecule has 1 aliphatic rings. The molecule has 3 heteroatoms. The van der Waals surface area contributed by atoms with Gasteiger partial charge in [0.2, 0.25) is 0 Å². The molecule has 1 aliphatic heterocycles. The van der Waals surface area contributed by atoms with Crippen molar-refractivity contribution in [3.05, 3.63) is 35.9 Å². The van der Waals surface area contributed by atoms with Crippen LogP contribution in [-0.4, -0.2) is 41.3 Å². The molecule has 1 atom stereocenters. The van der Waals surface area contributed by atoms with Crippen LogP contribution in [0.4, 0.5) is 0 Å². The highest BCUT2D eigenvalue weighted by Gasteiger charge is 2.20. The van der Waals surface area contributed by atoms with Gasteiger partial charge in [-0.2, -0.15) is 11.8 Å². The predicted octanol–water partition coefficient (Wildman–Crippen LogP) is 2.63. The van der Waals surface area contributed by atoms with Gasteiger partial charge >= 0.3 is 0 Å². The standard InChI is InChI=1S/C15H21NOS/c1-2-15-12-16(8-9-18-15)11-14(17)10-13-6-4-3-5-7-13/h3-7,15H,2,8-12H2,1H3. The second kappa shape index (κ2) is 6.95. The minimum Gasteiger partial charge on any atom is -0.298 e. The minimum atomic E-state index is 0.336. The molecule has 0 N–H and O–H groups in total. The Kier molecular flexibility index (Phi) is 5.26. The fourth-order valence-corrected chi connectivity index (χ4v) is 3.55. The Morgan fingerprint density at radius 2 is 2.17 bits per heavy atom. The van der Waals surface area contributed by atoms with Crippen LogP contribution in [0.25, 0.3) is 0 Å². The Bertz CT molecular complexity index is 379. The maximum atomic E-state index is 12.0. The molecule has 18 heavy (non-hydrogen) atoms. The molecule has 2 rings (SSSR count). The molecule has 1 aromatic rings. The van der Waals surface area contributed by atoms with E-state index in [1.807, 2.05) is 42.1 Å². The van der Waals surface area contributed by atoms with Crippen molar-refractivity contribution in [1.29, 1.82) is 0 Å². The van der Waals surface area contributed by atoms with Crippen molar-refractivity contribution >= 4 is 17.5 Å². The zero-order chi connectivity index (χ0) is 12.8. The van der Waals surface area contributed by atoms with Gasteiger partial charge in [-0.15, -0.1) is 0 Å². The van der Waals surface area contributed by atoms with Crippen LogP contribution in [0.5, 0.6) is 0 Å². The number of thioether (sulfide) groups is 1. The lowest BCUT2D eigenvalue weighted by Gasteiger charge is -2.31. The van der Waals surface area contributed by atoms with E-state index in [1.165, 1.54) is 6.42 Å². The van der Waals surface area contributed by atoms with Crippen molar-refractivity contribution in [3.8, 4) is 0 Å². The fourth-order valence-electron chi connectivity index (χ4n) is 2.30. The zero-order valence-corrected chi connectivity index (χ0v) is 11.8. The van der Waals surface area contributed by atoms with Crippen LogP contribution in [0, 0.1) is 0 Å². The summed E-state index contributed by atoms with van der Waals surface area (Å²) in [6, 6.07) is 10.0. The molecule has 1 unspecified atom stereocenters. The van der Waals surface area contributed by atoms with Crippen LogP contribution < -0.4 is 0 Å². The molecule has 1 fully saturated rings. The van der Waals surface area contributed by atoms with Crippen molar-refractivity contribution in [1.82, 2.24) is 4.90 Å². The molecule has 98 valence electrons. The molecular formula is C15H21NOS. The first kappa shape index (κ1) is 13.6. The molecule has 0 radical (unpaired) electrons. The van der Waals surface area contributed by atoms with Crippen molar-refractivity contribution in [3.63, 3.8) is 0 Å². The highest BCUT2D eigenvalue weighted by molar-refractivity contribution is 8.00. The summed E-state index contributed by atoms with van der Waals surface area (Å²) >= 11 is 2.05. The third-order valence-corrected chi connectivity index (χ3v) is 4.69. The molecule has 0 aromatic heterocycles. The number of rotatable bonds is 5. The van der Waals surface area contributed by atoms with Crippen molar-refractivity contribution < 1.29 is 4.79 Å². The van der Waals surface area contributed by atoms with Crippen LogP contribution in [-0.2, 0) is 11.2 Å². The molecule has 1 aromatic carbocycles. The van der Waals surface area contributed by atoms with Gasteiger partial charge in [0.05, 0.1) is 6.54 Å². The van der Waals surface area contributed by atoms with Crippen molar-refractivity contribution in [2.75, 3.05) is 25.4 Å². The second-order valence-corrected chi connectivity index (χ2v) is 6.25. The largest absolute Gasteiger partial charge is 0.298 e. The number of hydrogen-bond donors (Lipinski definition) is 0. The lowest BCUT2D eigenvalue weighted by Crippen LogP contribution is -2.41. The number of carbonyl (C=O) groups is 1. The molecule has 0 spiro atoms. The van der Waals surface area contributed by atoms with Gasteiger partial charge in [0.1, 0.15) is 0 Å². The average Bonchev–Trinajstić information content (AvgIpc) is 2.40. The summed E-state index contributed by atoms with van der Waals surface area (Å²) in [4.78, 5) is 14.3. The summed E-state index contributed by atoms with van der Waals surface area (Å²) in [5.41, 5.74) is 1.13. The highest BCUT2D eigenvalue weighted by atomic mass is 32.2. The summed E-state index contributed by atoms with van der Waals surface area (Å²) in [6.07, 6.45) is 1.77. The smallest absolute Gasteiger partial charge is 0.151 e. The number of ketones is 1. The normalized spacial score (nSPS) is 20.8. The van der Waals surface area contributed by atoms with E-state index in [-0.39, 0.29) is 0 Å². The Hall–Kier alpha value is -0.800. The Morgan fingerprint density at radius 1 is 1.39 bits per heavy atom. The number of carbonyl (C=O) groups excluding carboxylic acids is 1. The van der Waals surface area contributed by atoms with E-state index in [9.17, 15) is 4.79 Å². The first-order valence-electron chi connectivity index (χ1n) is 6.67. The van der Waals surface area contributed by atoms with E-state index in [0.29, 0.717) is 24.0 Å². The first-order valence-corrected chi connectivity index (χ1v) is 7.72. The highest BCUT2D eigenvalue weighted by Crippen LogP contribution is 2.20. The molecule has 0 bridgehead atoms. The number of hydrogen-bond acceptors (Lipinski definition) is 3. The quantitative estimate of drug-likeness (QED) is 0.814. The summed E-state index contributed by atoms with van der Waals surface area (Å²) < 4.78 is 0. The first-order chi connectivity index (χ1) is 8.78. The maximum Gasteiger partial charge on any atom is 0.151 e. The van der Waals surface area contributed by atoms with Gasteiger partial charge in [0.15, 0.2) is 5.78 Å². The topological polar surface area (TPSA) is 20.3 Å². The SMILES string of the molecule is CCC1CN(CC(=O)Cc2ccccc2)CCS1. The van der Waals surface area contributed by atoms with Crippen LogP contribution in [0.3, 0.4) is 0 Å². The number of benzene rings is 1. The zero-order valence-electron chi connectivity index (χ0n) is 11.0. The number of Topliss-reactive ketones (excluding diaryl/α,β-unsaturated/α-hetero) is 1. The van der Waals surface area contributed by atoms with Crippen LogP contribution in [0.15, 0.2) is 30.3 Å². The van der Waals surface area contributed by atoms with Crippen LogP contribution in [0.2, 0.25) is 0 Å². The van der Waals surface area contributed by atoms with E-state index in [2.05, 4.69) is 11.8 Å². The summed E-state index contributed by atoms with van der Waals surface area (Å²) in [5.74, 6) is 1.50. The Labute approximate surface area is 114 Å². The van der Waals surface area contributed by atoms with E-state index < -0.39 is 0 Å². The molecule has 2 nitrogen and oxygen atoms in total. The molecular weight excluding hydrogens is 242 g/mol. The molecule has 1 heterocycles. The third kappa shape index (κ3) is 4.14. The van der Waals surface area contributed by atoms with E-state index >= 15 is 0 Å². The van der Waals surface area contributed by atoms with Gasteiger partial charge in [0.25, 0.3) is 0 Å². The van der Waals surface area contributed by atoms with Gasteiger partial charge in [-0.1, -0.05) is 37.3 Å². The lowest BCUT2D eigenvalue weighted by atomic mass is 10.1. The monoisotopic (exact) mass is 263 g/mol. The average molecular weight is 263 g/mol. The van der Waals surface area contributed by atoms with Gasteiger partial charge < -0.3 is 0 Å². The lowest BCUT2D eigenvalue weighted by molar-refractivity contribution is -0.119. The maximum absolute atomic E-state index is 12.0. The molecule has 0 saturated carbocycles. The number of nitrogens with zero attached hydrogens (tertiary/aromatic N) is 1.